The van der Waals surface area contributed by atoms with Crippen molar-refractivity contribution in [3.05, 3.63) is 35.9 Å². The van der Waals surface area contributed by atoms with Crippen molar-refractivity contribution in [2.45, 2.75) is 44.9 Å². The first kappa shape index (κ1) is 12.6. The summed E-state index contributed by atoms with van der Waals surface area (Å²) in [5.74, 6) is 0.748. The van der Waals surface area contributed by atoms with Gasteiger partial charge in [0.15, 0.2) is 0 Å². The Morgan fingerprint density at radius 2 is 1.76 bits per heavy atom. The first-order valence-electron chi connectivity index (χ1n) is 7.17. The third kappa shape index (κ3) is 3.85. The monoisotopic (exact) mass is 231 g/mol. The second-order valence-electron chi connectivity index (χ2n) is 5.21. The number of likely N-dealkylation sites (tertiary alicyclic amines) is 1. The molecule has 1 heteroatoms. The number of benzene rings is 1. The van der Waals surface area contributed by atoms with E-state index < -0.39 is 0 Å². The van der Waals surface area contributed by atoms with Gasteiger partial charge < -0.3 is 4.90 Å². The molecule has 0 N–H and O–H groups in total. The molecule has 1 nitrogen and oxygen atoms in total. The fraction of sp³-hybridized carbons (Fsp3) is 0.625. The van der Waals surface area contributed by atoms with Crippen LogP contribution in [-0.2, 0) is 0 Å². The lowest BCUT2D eigenvalue weighted by Gasteiger charge is -2.28. The number of hydrogen-bond acceptors (Lipinski definition) is 1. The van der Waals surface area contributed by atoms with Crippen LogP contribution in [0.4, 0.5) is 0 Å². The van der Waals surface area contributed by atoms with Crippen LogP contribution in [0.3, 0.4) is 0 Å². The van der Waals surface area contributed by atoms with E-state index in [2.05, 4.69) is 42.2 Å². The van der Waals surface area contributed by atoms with E-state index in [0.29, 0.717) is 0 Å². The minimum absolute atomic E-state index is 0.748. The summed E-state index contributed by atoms with van der Waals surface area (Å²) in [5.41, 5.74) is 1.52. The Labute approximate surface area is 106 Å². The largest absolute Gasteiger partial charge is 0.303 e. The molecule has 0 aliphatic carbocycles. The minimum atomic E-state index is 0.748. The molecule has 0 saturated carbocycles. The summed E-state index contributed by atoms with van der Waals surface area (Å²) in [6.45, 7) is 6.25. The van der Waals surface area contributed by atoms with Crippen LogP contribution in [0.5, 0.6) is 0 Å². The number of nitrogens with zero attached hydrogens (tertiary/aromatic N) is 1. The summed E-state index contributed by atoms with van der Waals surface area (Å²) in [7, 11) is 0. The molecule has 1 saturated heterocycles. The fourth-order valence-electron chi connectivity index (χ4n) is 2.85. The van der Waals surface area contributed by atoms with Gasteiger partial charge in [0, 0.05) is 0 Å². The molecular formula is C16H25N. The summed E-state index contributed by atoms with van der Waals surface area (Å²) in [4.78, 5) is 2.65. The van der Waals surface area contributed by atoms with Crippen molar-refractivity contribution in [1.29, 1.82) is 0 Å². The molecule has 0 aromatic heterocycles. The third-order valence-electron chi connectivity index (χ3n) is 4.01. The van der Waals surface area contributed by atoms with Crippen LogP contribution in [0, 0.1) is 0 Å². The van der Waals surface area contributed by atoms with Crippen molar-refractivity contribution in [3.63, 3.8) is 0 Å². The molecule has 17 heavy (non-hydrogen) atoms. The van der Waals surface area contributed by atoms with Gasteiger partial charge in [-0.05, 0) is 56.8 Å². The molecule has 2 rings (SSSR count). The van der Waals surface area contributed by atoms with E-state index in [1.165, 1.54) is 57.3 Å². The van der Waals surface area contributed by atoms with Gasteiger partial charge in [-0.25, -0.2) is 0 Å². The topological polar surface area (TPSA) is 3.24 Å². The van der Waals surface area contributed by atoms with E-state index >= 15 is 0 Å². The van der Waals surface area contributed by atoms with Crippen molar-refractivity contribution in [3.8, 4) is 0 Å². The van der Waals surface area contributed by atoms with Crippen LogP contribution >= 0.6 is 0 Å². The second kappa shape index (κ2) is 6.80. The zero-order valence-corrected chi connectivity index (χ0v) is 11.1. The van der Waals surface area contributed by atoms with Gasteiger partial charge >= 0.3 is 0 Å². The maximum Gasteiger partial charge on any atom is -0.00129 e. The van der Waals surface area contributed by atoms with Crippen molar-refractivity contribution < 1.29 is 0 Å². The molecule has 0 bridgehead atoms. The van der Waals surface area contributed by atoms with Gasteiger partial charge in [0.05, 0.1) is 0 Å². The molecule has 0 spiro atoms. The molecular weight excluding hydrogens is 206 g/mol. The van der Waals surface area contributed by atoms with E-state index in [1.807, 2.05) is 0 Å². The second-order valence-corrected chi connectivity index (χ2v) is 5.21. The average molecular weight is 231 g/mol. The van der Waals surface area contributed by atoms with Crippen LogP contribution in [-0.4, -0.2) is 24.5 Å². The summed E-state index contributed by atoms with van der Waals surface area (Å²) >= 11 is 0. The zero-order chi connectivity index (χ0) is 11.9. The molecule has 1 atom stereocenters. The van der Waals surface area contributed by atoms with Crippen LogP contribution in [0.15, 0.2) is 30.3 Å². The molecule has 1 aromatic rings. The summed E-state index contributed by atoms with van der Waals surface area (Å²) in [6.07, 6.45) is 6.83. The molecule has 94 valence electrons. The highest BCUT2D eigenvalue weighted by atomic mass is 15.1. The quantitative estimate of drug-likeness (QED) is 0.739. The van der Waals surface area contributed by atoms with Crippen LogP contribution in [0.25, 0.3) is 0 Å². The SMILES string of the molecule is CCC(CCN1CCCCC1)c1ccccc1. The normalized spacial score (nSPS) is 19.1. The number of piperidine rings is 1. The van der Waals surface area contributed by atoms with Crippen molar-refractivity contribution >= 4 is 0 Å². The Morgan fingerprint density at radius 3 is 2.41 bits per heavy atom. The molecule has 0 amide bonds. The van der Waals surface area contributed by atoms with Gasteiger partial charge in [0.25, 0.3) is 0 Å². The van der Waals surface area contributed by atoms with E-state index in [-0.39, 0.29) is 0 Å². The predicted molar refractivity (Wildman–Crippen MR) is 74.4 cm³/mol. The molecule has 1 fully saturated rings. The molecule has 1 aliphatic rings. The Kier molecular flexibility index (Phi) is 5.06. The Balaban J connectivity index is 1.83. The highest BCUT2D eigenvalue weighted by Gasteiger charge is 2.13. The fourth-order valence-corrected chi connectivity index (χ4v) is 2.85. The van der Waals surface area contributed by atoms with Crippen LogP contribution < -0.4 is 0 Å². The molecule has 1 aliphatic heterocycles. The van der Waals surface area contributed by atoms with Crippen molar-refractivity contribution in [1.82, 2.24) is 4.90 Å². The van der Waals surface area contributed by atoms with Gasteiger partial charge in [-0.2, -0.15) is 0 Å². The minimum Gasteiger partial charge on any atom is -0.303 e. The summed E-state index contributed by atoms with van der Waals surface area (Å²) < 4.78 is 0. The Hall–Kier alpha value is -0.820. The summed E-state index contributed by atoms with van der Waals surface area (Å²) in [5, 5.41) is 0. The maximum absolute atomic E-state index is 2.65. The lowest BCUT2D eigenvalue weighted by atomic mass is 9.93. The number of rotatable bonds is 5. The van der Waals surface area contributed by atoms with Gasteiger partial charge in [0.1, 0.15) is 0 Å². The molecule has 1 heterocycles. The van der Waals surface area contributed by atoms with Gasteiger partial charge in [0.2, 0.25) is 0 Å². The van der Waals surface area contributed by atoms with Crippen LogP contribution in [0.1, 0.15) is 50.5 Å². The van der Waals surface area contributed by atoms with Gasteiger partial charge in [-0.3, -0.25) is 0 Å². The molecule has 0 radical (unpaired) electrons. The van der Waals surface area contributed by atoms with Crippen molar-refractivity contribution in [2.24, 2.45) is 0 Å². The first-order chi connectivity index (χ1) is 8.40. The van der Waals surface area contributed by atoms with Crippen molar-refractivity contribution in [2.75, 3.05) is 19.6 Å². The maximum atomic E-state index is 2.65. The highest BCUT2D eigenvalue weighted by Crippen LogP contribution is 2.23. The standard InChI is InChI=1S/C16H25N/c1-2-15(16-9-5-3-6-10-16)11-14-17-12-7-4-8-13-17/h3,5-6,9-10,15H,2,4,7-8,11-14H2,1H3. The lowest BCUT2D eigenvalue weighted by Crippen LogP contribution is -2.31. The Bertz CT molecular complexity index is 301. The predicted octanol–water partition coefficient (Wildman–Crippen LogP) is 4.06. The van der Waals surface area contributed by atoms with E-state index in [9.17, 15) is 0 Å². The number of hydrogen-bond donors (Lipinski definition) is 0. The lowest BCUT2D eigenvalue weighted by molar-refractivity contribution is 0.220. The van der Waals surface area contributed by atoms with E-state index in [1.54, 1.807) is 0 Å². The Morgan fingerprint density at radius 1 is 1.06 bits per heavy atom. The molecule has 1 aromatic carbocycles. The van der Waals surface area contributed by atoms with Crippen LogP contribution in [0.2, 0.25) is 0 Å². The highest BCUT2D eigenvalue weighted by molar-refractivity contribution is 5.19. The zero-order valence-electron chi connectivity index (χ0n) is 11.1. The van der Waals surface area contributed by atoms with Gasteiger partial charge in [-0.15, -0.1) is 0 Å². The van der Waals surface area contributed by atoms with E-state index in [4.69, 9.17) is 0 Å². The first-order valence-corrected chi connectivity index (χ1v) is 7.17. The molecule has 1 unspecified atom stereocenters. The van der Waals surface area contributed by atoms with E-state index in [0.717, 1.165) is 5.92 Å². The smallest absolute Gasteiger partial charge is 0.00129 e. The van der Waals surface area contributed by atoms with Gasteiger partial charge in [-0.1, -0.05) is 43.7 Å². The average Bonchev–Trinajstić information content (AvgIpc) is 2.42. The summed E-state index contributed by atoms with van der Waals surface area (Å²) in [6, 6.07) is 11.0. The third-order valence-corrected chi connectivity index (χ3v) is 4.01.